The molecule has 1 aliphatic carbocycles. The van der Waals surface area contributed by atoms with Crippen molar-refractivity contribution in [3.8, 4) is 0 Å². The molecule has 13 heteroatoms. The summed E-state index contributed by atoms with van der Waals surface area (Å²) in [6.45, 7) is 4.91. The zero-order chi connectivity index (χ0) is 28.0. The van der Waals surface area contributed by atoms with Gasteiger partial charge in [0, 0.05) is 12.6 Å². The average Bonchev–Trinajstić information content (AvgIpc) is 2.88. The molecule has 3 rings (SSSR count). The van der Waals surface area contributed by atoms with Crippen LogP contribution < -0.4 is 27.8 Å². The zero-order valence-corrected chi connectivity index (χ0v) is 22.7. The van der Waals surface area contributed by atoms with Gasteiger partial charge in [-0.1, -0.05) is 6.92 Å². The van der Waals surface area contributed by atoms with E-state index in [4.69, 9.17) is 36.1 Å². The van der Waals surface area contributed by atoms with Crippen LogP contribution in [-0.4, -0.2) is 121 Å². The Morgan fingerprint density at radius 2 is 1.87 bits per heavy atom. The maximum absolute atomic E-state index is 11.5. The summed E-state index contributed by atoms with van der Waals surface area (Å²) in [5, 5.41) is 49.2. The minimum Gasteiger partial charge on any atom is -0.467 e. The fourth-order valence-corrected chi connectivity index (χ4v) is 5.55. The summed E-state index contributed by atoms with van der Waals surface area (Å²) < 4.78 is 24.1. The van der Waals surface area contributed by atoms with Crippen LogP contribution in [0.15, 0.2) is 11.8 Å². The van der Waals surface area contributed by atoms with Gasteiger partial charge in [0.15, 0.2) is 6.29 Å². The van der Waals surface area contributed by atoms with E-state index in [0.717, 1.165) is 6.54 Å². The molecule has 0 radical (unpaired) electrons. The Labute approximate surface area is 225 Å². The Morgan fingerprint density at radius 1 is 1.16 bits per heavy atom. The number of hydrogen-bond acceptors (Lipinski definition) is 13. The molecule has 0 aromatic rings. The van der Waals surface area contributed by atoms with Crippen molar-refractivity contribution in [2.75, 3.05) is 33.3 Å². The van der Waals surface area contributed by atoms with E-state index >= 15 is 0 Å². The van der Waals surface area contributed by atoms with Gasteiger partial charge in [-0.25, -0.2) is 0 Å². The van der Waals surface area contributed by atoms with Crippen LogP contribution in [0.5, 0.6) is 0 Å². The van der Waals surface area contributed by atoms with Gasteiger partial charge in [0.05, 0.1) is 37.4 Å². The van der Waals surface area contributed by atoms with Gasteiger partial charge in [-0.15, -0.1) is 0 Å². The number of nitrogens with two attached hydrogens (primary N) is 3. The van der Waals surface area contributed by atoms with Crippen LogP contribution in [0, 0.1) is 5.92 Å². The van der Waals surface area contributed by atoms with Gasteiger partial charge in [-0.3, -0.25) is 0 Å². The highest BCUT2D eigenvalue weighted by atomic mass is 16.7. The van der Waals surface area contributed by atoms with Gasteiger partial charge in [-0.05, 0) is 58.2 Å². The molecule has 1 saturated heterocycles. The summed E-state index contributed by atoms with van der Waals surface area (Å²) in [6, 6.07) is -1.73. The summed E-state index contributed by atoms with van der Waals surface area (Å²) >= 11 is 0. The van der Waals surface area contributed by atoms with Gasteiger partial charge in [0.1, 0.15) is 29.7 Å². The van der Waals surface area contributed by atoms with Crippen molar-refractivity contribution in [1.29, 1.82) is 0 Å². The van der Waals surface area contributed by atoms with Crippen LogP contribution in [0.2, 0.25) is 0 Å². The first-order valence-corrected chi connectivity index (χ1v) is 13.7. The number of ether oxygens (including phenoxy) is 4. The average molecular weight is 548 g/mol. The summed E-state index contributed by atoms with van der Waals surface area (Å²) in [7, 11) is 1.63. The third-order valence-electron chi connectivity index (χ3n) is 7.79. The highest BCUT2D eigenvalue weighted by Crippen LogP contribution is 2.36. The molecule has 2 fully saturated rings. The Balaban J connectivity index is 1.76. The molecule has 0 bridgehead atoms. The normalized spacial score (nSPS) is 42.8. The number of likely N-dealkylation sites (N-methyl/N-ethyl adjacent to an activating group) is 2. The van der Waals surface area contributed by atoms with Crippen molar-refractivity contribution in [3.63, 3.8) is 0 Å². The Bertz CT molecular complexity index is 761. The Morgan fingerprint density at radius 3 is 2.53 bits per heavy atom. The standard InChI is InChI=1S/C25H49N5O8/c1-4-30-11-15-7-8-16(27)23(36-15)38-21-17(28)9-13(5-6-14(31)10-26)20(18(21)32)37-24-19(33)22(29-3)25(2,34)12-35-24/h7,13-14,16-24,29-34H,4-6,8-12,26-28H2,1-3H3/t13-,14?,16-,17+,18-,19-,20+,21?,22-,23-,24-,25+/m1/s1. The van der Waals surface area contributed by atoms with Crippen molar-refractivity contribution in [2.45, 2.75) is 106 Å². The van der Waals surface area contributed by atoms with Crippen LogP contribution >= 0.6 is 0 Å². The van der Waals surface area contributed by atoms with E-state index in [9.17, 15) is 20.4 Å². The smallest absolute Gasteiger partial charge is 0.215 e. The van der Waals surface area contributed by atoms with Crippen LogP contribution in [0.25, 0.3) is 0 Å². The second-order valence-electron chi connectivity index (χ2n) is 10.9. The molecule has 0 amide bonds. The maximum Gasteiger partial charge on any atom is 0.215 e. The second-order valence-corrected chi connectivity index (χ2v) is 10.9. The van der Waals surface area contributed by atoms with Crippen LogP contribution in [-0.2, 0) is 18.9 Å². The molecular formula is C25H49N5O8. The summed E-state index contributed by atoms with van der Waals surface area (Å²) in [6.07, 6.45) is -3.00. The molecule has 222 valence electrons. The fraction of sp³-hybridized carbons (Fsp3) is 0.920. The molecule has 1 saturated carbocycles. The molecule has 2 aliphatic heterocycles. The van der Waals surface area contributed by atoms with Gasteiger partial charge < -0.3 is 67.2 Å². The summed E-state index contributed by atoms with van der Waals surface area (Å²) in [4.78, 5) is 0. The molecule has 13 nitrogen and oxygen atoms in total. The van der Waals surface area contributed by atoms with E-state index in [0.29, 0.717) is 38.0 Å². The lowest BCUT2D eigenvalue weighted by Crippen LogP contribution is -2.67. The van der Waals surface area contributed by atoms with Crippen LogP contribution in [0.1, 0.15) is 39.5 Å². The lowest BCUT2D eigenvalue weighted by atomic mass is 9.77. The van der Waals surface area contributed by atoms with Gasteiger partial charge in [-0.2, -0.15) is 0 Å². The predicted octanol–water partition coefficient (Wildman–Crippen LogP) is -2.81. The minimum absolute atomic E-state index is 0.0787. The summed E-state index contributed by atoms with van der Waals surface area (Å²) in [5.41, 5.74) is 17.0. The number of aliphatic hydroxyl groups is 4. The Kier molecular flexibility index (Phi) is 11.7. The van der Waals surface area contributed by atoms with Gasteiger partial charge >= 0.3 is 0 Å². The first kappa shape index (κ1) is 31.6. The minimum atomic E-state index is -1.32. The van der Waals surface area contributed by atoms with E-state index < -0.39 is 66.8 Å². The molecule has 2 heterocycles. The number of rotatable bonds is 12. The second kappa shape index (κ2) is 14.1. The largest absolute Gasteiger partial charge is 0.467 e. The van der Waals surface area contributed by atoms with Gasteiger partial charge in [0.2, 0.25) is 6.29 Å². The molecular weight excluding hydrogens is 498 g/mol. The van der Waals surface area contributed by atoms with Crippen molar-refractivity contribution in [1.82, 2.24) is 10.6 Å². The Hall–Kier alpha value is -0.940. The quantitative estimate of drug-likeness (QED) is 0.121. The molecule has 0 spiro atoms. The molecule has 12 N–H and O–H groups in total. The lowest BCUT2D eigenvalue weighted by molar-refractivity contribution is -0.308. The first-order valence-electron chi connectivity index (χ1n) is 13.7. The molecule has 38 heavy (non-hydrogen) atoms. The van der Waals surface area contributed by atoms with E-state index in [1.165, 1.54) is 0 Å². The van der Waals surface area contributed by atoms with Crippen LogP contribution in [0.3, 0.4) is 0 Å². The van der Waals surface area contributed by atoms with Crippen LogP contribution in [0.4, 0.5) is 0 Å². The SMILES string of the molecule is CCNCC1=CC[C@@H](N)[C@@H](OC2[C@@H](N)C[C@@H](CCC(O)CN)[C@H](O[C@H]3OC[C@](C)(O)[C@H](NC)[C@H]3O)[C@H]2O)O1. The van der Waals surface area contributed by atoms with Gasteiger partial charge in [0.25, 0.3) is 0 Å². The zero-order valence-electron chi connectivity index (χ0n) is 22.7. The number of nitrogens with one attached hydrogen (secondary N) is 2. The highest BCUT2D eigenvalue weighted by Gasteiger charge is 2.51. The third kappa shape index (κ3) is 7.62. The lowest BCUT2D eigenvalue weighted by Gasteiger charge is -2.49. The first-order chi connectivity index (χ1) is 18.0. The molecule has 3 aliphatic rings. The fourth-order valence-electron chi connectivity index (χ4n) is 5.55. The van der Waals surface area contributed by atoms with Crippen molar-refractivity contribution in [2.24, 2.45) is 23.1 Å². The third-order valence-corrected chi connectivity index (χ3v) is 7.79. The maximum atomic E-state index is 11.5. The topological polar surface area (TPSA) is 220 Å². The van der Waals surface area contributed by atoms with Crippen molar-refractivity contribution in [3.05, 3.63) is 11.8 Å². The molecule has 12 atom stereocenters. The molecule has 0 aromatic heterocycles. The summed E-state index contributed by atoms with van der Waals surface area (Å²) in [5.74, 6) is 0.431. The molecule has 2 unspecified atom stereocenters. The van der Waals surface area contributed by atoms with E-state index in [1.54, 1.807) is 14.0 Å². The van der Waals surface area contributed by atoms with E-state index in [1.807, 2.05) is 13.0 Å². The molecule has 0 aromatic carbocycles. The van der Waals surface area contributed by atoms with Crippen molar-refractivity contribution >= 4 is 0 Å². The predicted molar refractivity (Wildman–Crippen MR) is 139 cm³/mol. The van der Waals surface area contributed by atoms with Crippen molar-refractivity contribution < 1.29 is 39.4 Å². The number of aliphatic hydroxyl groups excluding tert-OH is 3. The monoisotopic (exact) mass is 547 g/mol. The highest BCUT2D eigenvalue weighted by molar-refractivity contribution is 5.04. The van der Waals surface area contributed by atoms with E-state index in [2.05, 4.69) is 10.6 Å². The van der Waals surface area contributed by atoms with E-state index in [-0.39, 0.29) is 19.1 Å². The number of hydrogen-bond donors (Lipinski definition) is 9.